The first-order chi connectivity index (χ1) is 15.9. The summed E-state index contributed by atoms with van der Waals surface area (Å²) in [7, 11) is 0. The van der Waals surface area contributed by atoms with E-state index in [1.807, 2.05) is 30.3 Å². The molecule has 5 rings (SSSR count). The number of hydrogen-bond donors (Lipinski definition) is 1. The van der Waals surface area contributed by atoms with Gasteiger partial charge in [-0.2, -0.15) is 0 Å². The lowest BCUT2D eigenvalue weighted by Gasteiger charge is -2.47. The van der Waals surface area contributed by atoms with Crippen LogP contribution in [0.15, 0.2) is 57.7 Å². The molecule has 0 spiro atoms. The molecule has 0 radical (unpaired) electrons. The molecule has 2 aliphatic rings. The number of ether oxygens (including phenoxy) is 1. The maximum absolute atomic E-state index is 12.8. The van der Waals surface area contributed by atoms with Gasteiger partial charge in [0.15, 0.2) is 6.61 Å². The number of amides is 1. The molecule has 2 unspecified atom stereocenters. The summed E-state index contributed by atoms with van der Waals surface area (Å²) in [4.78, 5) is 26.8. The van der Waals surface area contributed by atoms with Crippen molar-refractivity contribution in [2.45, 2.75) is 37.7 Å². The minimum absolute atomic E-state index is 0.124. The summed E-state index contributed by atoms with van der Waals surface area (Å²) in [5.74, 6) is 0.272. The highest BCUT2D eigenvalue weighted by Crippen LogP contribution is 2.40. The Morgan fingerprint density at radius 1 is 1.18 bits per heavy atom. The van der Waals surface area contributed by atoms with Crippen LogP contribution in [0.4, 0.5) is 0 Å². The SMILES string of the molecule is O=C(COc1cc2oc(=O)cc(-c3ccccc3)c2cc1Cl)N1CCC2(O)CCCCC2C1. The molecule has 3 aromatic rings. The van der Waals surface area contributed by atoms with Crippen LogP contribution in [-0.4, -0.2) is 41.2 Å². The number of nitrogens with zero attached hydrogens (tertiary/aromatic N) is 1. The third kappa shape index (κ3) is 4.37. The summed E-state index contributed by atoms with van der Waals surface area (Å²) < 4.78 is 11.2. The van der Waals surface area contributed by atoms with Crippen molar-refractivity contribution in [1.82, 2.24) is 4.90 Å². The van der Waals surface area contributed by atoms with Crippen LogP contribution in [-0.2, 0) is 4.79 Å². The van der Waals surface area contributed by atoms with E-state index in [9.17, 15) is 14.7 Å². The van der Waals surface area contributed by atoms with E-state index < -0.39 is 11.2 Å². The summed E-state index contributed by atoms with van der Waals surface area (Å²) in [6, 6.07) is 14.2. The summed E-state index contributed by atoms with van der Waals surface area (Å²) in [6.07, 6.45) is 4.51. The van der Waals surface area contributed by atoms with E-state index in [0.29, 0.717) is 35.5 Å². The van der Waals surface area contributed by atoms with E-state index in [4.69, 9.17) is 20.8 Å². The lowest BCUT2D eigenvalue weighted by molar-refractivity contribution is -0.145. The van der Waals surface area contributed by atoms with Crippen molar-refractivity contribution in [3.8, 4) is 16.9 Å². The predicted molar refractivity (Wildman–Crippen MR) is 127 cm³/mol. The van der Waals surface area contributed by atoms with Gasteiger partial charge >= 0.3 is 5.63 Å². The molecule has 2 atom stereocenters. The van der Waals surface area contributed by atoms with Crippen LogP contribution in [0.3, 0.4) is 0 Å². The molecule has 2 fully saturated rings. The van der Waals surface area contributed by atoms with Gasteiger partial charge in [-0.25, -0.2) is 4.79 Å². The molecule has 1 saturated carbocycles. The molecule has 1 N–H and O–H groups in total. The van der Waals surface area contributed by atoms with Crippen molar-refractivity contribution in [2.24, 2.45) is 5.92 Å². The van der Waals surface area contributed by atoms with Crippen molar-refractivity contribution in [3.63, 3.8) is 0 Å². The summed E-state index contributed by atoms with van der Waals surface area (Å²) in [5, 5.41) is 11.9. The van der Waals surface area contributed by atoms with Crippen LogP contribution in [0.25, 0.3) is 22.1 Å². The lowest BCUT2D eigenvalue weighted by Crippen LogP contribution is -2.55. The summed E-state index contributed by atoms with van der Waals surface area (Å²) in [6.45, 7) is 0.911. The first kappa shape index (κ1) is 22.0. The van der Waals surface area contributed by atoms with Gasteiger partial charge in [0.2, 0.25) is 0 Å². The first-order valence-corrected chi connectivity index (χ1v) is 11.8. The monoisotopic (exact) mass is 467 g/mol. The third-order valence-corrected chi connectivity index (χ3v) is 7.31. The normalized spacial score (nSPS) is 22.7. The van der Waals surface area contributed by atoms with Crippen LogP contribution < -0.4 is 10.4 Å². The number of rotatable bonds is 4. The van der Waals surface area contributed by atoms with E-state index >= 15 is 0 Å². The molecule has 1 amide bonds. The summed E-state index contributed by atoms with van der Waals surface area (Å²) in [5.41, 5.74) is 0.839. The molecule has 1 saturated heterocycles. The topological polar surface area (TPSA) is 80.0 Å². The number of piperidine rings is 1. The second-order valence-corrected chi connectivity index (χ2v) is 9.46. The highest BCUT2D eigenvalue weighted by Gasteiger charge is 2.43. The predicted octanol–water partition coefficient (Wildman–Crippen LogP) is 4.65. The van der Waals surface area contributed by atoms with Gasteiger partial charge in [-0.15, -0.1) is 0 Å². The molecule has 7 heteroatoms. The molecule has 6 nitrogen and oxygen atoms in total. The van der Waals surface area contributed by atoms with E-state index in [-0.39, 0.29) is 24.2 Å². The van der Waals surface area contributed by atoms with Crippen LogP contribution >= 0.6 is 11.6 Å². The second-order valence-electron chi connectivity index (χ2n) is 9.05. The fraction of sp³-hybridized carbons (Fsp3) is 0.385. The van der Waals surface area contributed by atoms with Gasteiger partial charge in [-0.3, -0.25) is 4.79 Å². The molecule has 2 heterocycles. The number of carbonyl (C=O) groups excluding carboxylic acids is 1. The Kier molecular flexibility index (Phi) is 5.89. The van der Waals surface area contributed by atoms with Crippen molar-refractivity contribution in [1.29, 1.82) is 0 Å². The number of benzene rings is 2. The molecule has 2 aromatic carbocycles. The van der Waals surface area contributed by atoms with E-state index in [1.54, 1.807) is 17.0 Å². The smallest absolute Gasteiger partial charge is 0.336 e. The fourth-order valence-corrected chi connectivity index (χ4v) is 5.38. The Bertz CT molecular complexity index is 1240. The van der Waals surface area contributed by atoms with Crippen molar-refractivity contribution >= 4 is 28.5 Å². The van der Waals surface area contributed by atoms with Crippen LogP contribution in [0, 0.1) is 5.92 Å². The molecule has 1 aromatic heterocycles. The number of aliphatic hydroxyl groups is 1. The first-order valence-electron chi connectivity index (χ1n) is 11.4. The molecule has 172 valence electrons. The van der Waals surface area contributed by atoms with Gasteiger partial charge in [-0.1, -0.05) is 54.8 Å². The average Bonchev–Trinajstić information content (AvgIpc) is 2.82. The van der Waals surface area contributed by atoms with Crippen molar-refractivity contribution in [3.05, 3.63) is 64.0 Å². The van der Waals surface area contributed by atoms with Gasteiger partial charge in [0.1, 0.15) is 11.3 Å². The van der Waals surface area contributed by atoms with Crippen molar-refractivity contribution in [2.75, 3.05) is 19.7 Å². The van der Waals surface area contributed by atoms with E-state index in [2.05, 4.69) is 0 Å². The van der Waals surface area contributed by atoms with Gasteiger partial charge in [0.05, 0.1) is 10.6 Å². The zero-order valence-electron chi connectivity index (χ0n) is 18.3. The number of halogens is 1. The largest absolute Gasteiger partial charge is 0.482 e. The Balaban J connectivity index is 1.34. The highest BCUT2D eigenvalue weighted by atomic mass is 35.5. The molecule has 1 aliphatic carbocycles. The van der Waals surface area contributed by atoms with Crippen molar-refractivity contribution < 1.29 is 19.1 Å². The number of carbonyl (C=O) groups is 1. The lowest BCUT2D eigenvalue weighted by atomic mass is 9.71. The Morgan fingerprint density at radius 3 is 2.82 bits per heavy atom. The fourth-order valence-electron chi connectivity index (χ4n) is 5.16. The molecule has 0 bridgehead atoms. The zero-order chi connectivity index (χ0) is 23.0. The maximum atomic E-state index is 12.8. The summed E-state index contributed by atoms with van der Waals surface area (Å²) >= 11 is 6.48. The number of fused-ring (bicyclic) bond motifs is 2. The average molecular weight is 468 g/mol. The van der Waals surface area contributed by atoms with Gasteiger partial charge in [0.25, 0.3) is 5.91 Å². The van der Waals surface area contributed by atoms with E-state index in [1.165, 1.54) is 6.07 Å². The highest BCUT2D eigenvalue weighted by molar-refractivity contribution is 6.33. The second kappa shape index (κ2) is 8.84. The van der Waals surface area contributed by atoms with Gasteiger partial charge in [-0.05, 0) is 36.5 Å². The maximum Gasteiger partial charge on any atom is 0.336 e. The standard InChI is InChI=1S/C26H26ClNO5/c27-21-12-20-19(17-6-2-1-3-7-17)13-25(30)33-22(20)14-23(21)32-16-24(29)28-11-10-26(31)9-5-4-8-18(26)15-28/h1-3,6-7,12-14,18,31H,4-5,8-11,15-16H2. The van der Waals surface area contributed by atoms with Gasteiger partial charge < -0.3 is 19.2 Å². The Hall–Kier alpha value is -2.83. The Morgan fingerprint density at radius 2 is 2.00 bits per heavy atom. The molecular formula is C26H26ClNO5. The quantitative estimate of drug-likeness (QED) is 0.565. The molecular weight excluding hydrogens is 442 g/mol. The molecule has 33 heavy (non-hydrogen) atoms. The minimum atomic E-state index is -0.633. The minimum Gasteiger partial charge on any atom is -0.482 e. The Labute approximate surface area is 196 Å². The third-order valence-electron chi connectivity index (χ3n) is 7.01. The zero-order valence-corrected chi connectivity index (χ0v) is 19.0. The van der Waals surface area contributed by atoms with E-state index in [0.717, 1.165) is 36.8 Å². The molecule has 1 aliphatic heterocycles. The number of hydrogen-bond acceptors (Lipinski definition) is 5. The van der Waals surface area contributed by atoms with Gasteiger partial charge in [0, 0.05) is 36.5 Å². The van der Waals surface area contributed by atoms with Crippen LogP contribution in [0.2, 0.25) is 5.02 Å². The van der Waals surface area contributed by atoms with Crippen LogP contribution in [0.5, 0.6) is 5.75 Å². The van der Waals surface area contributed by atoms with Crippen LogP contribution in [0.1, 0.15) is 32.1 Å². The number of likely N-dealkylation sites (tertiary alicyclic amines) is 1.